The zero-order valence-electron chi connectivity index (χ0n) is 14.0. The van der Waals surface area contributed by atoms with E-state index in [1.165, 1.54) is 29.7 Å². The molecule has 2 aliphatic heterocycles. The summed E-state index contributed by atoms with van der Waals surface area (Å²) in [6.45, 7) is 3.05. The van der Waals surface area contributed by atoms with Crippen LogP contribution < -0.4 is 10.6 Å². The van der Waals surface area contributed by atoms with Gasteiger partial charge in [0.2, 0.25) is 0 Å². The highest BCUT2D eigenvalue weighted by Gasteiger charge is 2.22. The van der Waals surface area contributed by atoms with Gasteiger partial charge in [0, 0.05) is 23.7 Å². The van der Waals surface area contributed by atoms with E-state index in [2.05, 4.69) is 27.7 Å². The summed E-state index contributed by atoms with van der Waals surface area (Å²) in [5.41, 5.74) is 1.19. The molecular weight excluding hydrogens is 322 g/mol. The minimum Gasteiger partial charge on any atom is -0.390 e. The summed E-state index contributed by atoms with van der Waals surface area (Å²) < 4.78 is 0. The van der Waals surface area contributed by atoms with E-state index in [1.807, 2.05) is 23.9 Å². The van der Waals surface area contributed by atoms with Crippen molar-refractivity contribution >= 4 is 17.8 Å². The van der Waals surface area contributed by atoms with Gasteiger partial charge in [-0.25, -0.2) is 4.79 Å². The van der Waals surface area contributed by atoms with Gasteiger partial charge in [0.25, 0.3) is 0 Å². The molecule has 1 aromatic rings. The molecule has 2 aliphatic rings. The lowest BCUT2D eigenvalue weighted by Crippen LogP contribution is -2.45. The number of likely N-dealkylation sites (tertiary alicyclic amines) is 1. The molecule has 0 spiro atoms. The molecule has 3 N–H and O–H groups in total. The van der Waals surface area contributed by atoms with Gasteiger partial charge in [0.15, 0.2) is 0 Å². The minimum atomic E-state index is -0.511. The predicted octanol–water partition coefficient (Wildman–Crippen LogP) is 2.37. The normalized spacial score (nSPS) is 22.5. The first-order valence-corrected chi connectivity index (χ1v) is 9.87. The molecule has 0 aromatic heterocycles. The summed E-state index contributed by atoms with van der Waals surface area (Å²) in [7, 11) is 0. The summed E-state index contributed by atoms with van der Waals surface area (Å²) in [4.78, 5) is 15.7. The van der Waals surface area contributed by atoms with Gasteiger partial charge in [0.1, 0.15) is 0 Å². The van der Waals surface area contributed by atoms with E-state index >= 15 is 0 Å². The average Bonchev–Trinajstić information content (AvgIpc) is 2.61. The number of aliphatic hydroxyl groups is 1. The number of carbonyl (C=O) groups excluding carboxylic acids is 1. The number of aliphatic hydroxyl groups excluding tert-OH is 1. The van der Waals surface area contributed by atoms with Crippen LogP contribution in [-0.2, 0) is 0 Å². The van der Waals surface area contributed by atoms with Crippen molar-refractivity contribution in [3.63, 3.8) is 0 Å². The molecule has 132 valence electrons. The van der Waals surface area contributed by atoms with Crippen molar-refractivity contribution in [1.29, 1.82) is 0 Å². The van der Waals surface area contributed by atoms with Crippen LogP contribution >= 0.6 is 11.8 Å². The van der Waals surface area contributed by atoms with Crippen molar-refractivity contribution in [2.75, 3.05) is 31.9 Å². The lowest BCUT2D eigenvalue weighted by molar-refractivity contribution is 0.101. The van der Waals surface area contributed by atoms with Gasteiger partial charge >= 0.3 is 6.03 Å². The second kappa shape index (κ2) is 8.74. The van der Waals surface area contributed by atoms with Crippen molar-refractivity contribution in [1.82, 2.24) is 15.5 Å². The van der Waals surface area contributed by atoms with Crippen LogP contribution in [0.4, 0.5) is 4.79 Å². The molecule has 2 heterocycles. The molecular formula is C18H27N3O2S. The third-order valence-electron chi connectivity index (χ3n) is 4.68. The highest BCUT2D eigenvalue weighted by Crippen LogP contribution is 2.35. The van der Waals surface area contributed by atoms with Gasteiger partial charge in [-0.05, 0) is 44.0 Å². The number of urea groups is 1. The van der Waals surface area contributed by atoms with Crippen LogP contribution in [0.2, 0.25) is 0 Å². The largest absolute Gasteiger partial charge is 0.390 e. The number of nitrogens with zero attached hydrogens (tertiary/aromatic N) is 1. The first-order valence-electron chi connectivity index (χ1n) is 8.89. The monoisotopic (exact) mass is 349 g/mol. The van der Waals surface area contributed by atoms with Crippen molar-refractivity contribution in [3.05, 3.63) is 29.8 Å². The standard InChI is InChI=1S/C18H27N3O2S/c22-14(13-21-9-4-1-5-10-21)12-19-18(23)20-16-8-11-24-17-7-3-2-6-15(16)17/h2-3,6-7,14,16,22H,1,4-5,8-13H2,(H2,19,20,23)/t14-,16+/m1/s1. The molecule has 1 saturated heterocycles. The molecule has 0 bridgehead atoms. The van der Waals surface area contributed by atoms with E-state index in [4.69, 9.17) is 0 Å². The van der Waals surface area contributed by atoms with Crippen LogP contribution in [0, 0.1) is 0 Å². The maximum Gasteiger partial charge on any atom is 0.315 e. The number of hydrogen-bond acceptors (Lipinski definition) is 4. The number of amides is 2. The Bertz CT molecular complexity index is 549. The molecule has 3 rings (SSSR count). The number of nitrogens with one attached hydrogen (secondary N) is 2. The van der Waals surface area contributed by atoms with E-state index < -0.39 is 6.10 Å². The van der Waals surface area contributed by atoms with Crippen LogP contribution in [-0.4, -0.2) is 54.1 Å². The Balaban J connectivity index is 1.43. The maximum absolute atomic E-state index is 12.2. The maximum atomic E-state index is 12.2. The van der Waals surface area contributed by atoms with E-state index in [0.717, 1.165) is 25.3 Å². The molecule has 0 unspecified atom stereocenters. The third kappa shape index (κ3) is 4.88. The molecule has 24 heavy (non-hydrogen) atoms. The Morgan fingerprint density at radius 3 is 2.92 bits per heavy atom. The smallest absolute Gasteiger partial charge is 0.315 e. The van der Waals surface area contributed by atoms with E-state index in [9.17, 15) is 9.90 Å². The van der Waals surface area contributed by atoms with E-state index in [0.29, 0.717) is 13.1 Å². The van der Waals surface area contributed by atoms with Crippen LogP contribution in [0.25, 0.3) is 0 Å². The fourth-order valence-electron chi connectivity index (χ4n) is 3.42. The van der Waals surface area contributed by atoms with Crippen LogP contribution in [0.1, 0.15) is 37.3 Å². The van der Waals surface area contributed by atoms with Crippen molar-refractivity contribution in [2.45, 2.75) is 42.7 Å². The Kier molecular flexibility index (Phi) is 6.40. The van der Waals surface area contributed by atoms with Gasteiger partial charge in [0.05, 0.1) is 12.1 Å². The van der Waals surface area contributed by atoms with Crippen molar-refractivity contribution in [3.8, 4) is 0 Å². The lowest BCUT2D eigenvalue weighted by atomic mass is 10.0. The second-order valence-corrected chi connectivity index (χ2v) is 7.73. The highest BCUT2D eigenvalue weighted by molar-refractivity contribution is 7.99. The Morgan fingerprint density at radius 1 is 1.29 bits per heavy atom. The van der Waals surface area contributed by atoms with E-state index in [1.54, 1.807) is 0 Å². The minimum absolute atomic E-state index is 0.0571. The summed E-state index contributed by atoms with van der Waals surface area (Å²) in [5.74, 6) is 1.01. The molecule has 0 radical (unpaired) electrons. The number of rotatable bonds is 5. The molecule has 2 atom stereocenters. The number of carbonyl (C=O) groups is 1. The summed E-state index contributed by atoms with van der Waals surface area (Å²) in [5, 5.41) is 16.0. The Labute approximate surface area is 148 Å². The zero-order chi connectivity index (χ0) is 16.8. The first-order chi connectivity index (χ1) is 11.7. The van der Waals surface area contributed by atoms with Crippen LogP contribution in [0.3, 0.4) is 0 Å². The lowest BCUT2D eigenvalue weighted by Gasteiger charge is -2.29. The van der Waals surface area contributed by atoms with Crippen LogP contribution in [0.15, 0.2) is 29.2 Å². The molecule has 2 amide bonds. The molecule has 1 aromatic carbocycles. The Morgan fingerprint density at radius 2 is 2.08 bits per heavy atom. The SMILES string of the molecule is O=C(NC[C@@H](O)CN1CCCCC1)N[C@H]1CCSc2ccccc21. The van der Waals surface area contributed by atoms with E-state index in [-0.39, 0.29) is 12.1 Å². The number of fused-ring (bicyclic) bond motifs is 1. The molecule has 1 fully saturated rings. The third-order valence-corrected chi connectivity index (χ3v) is 5.80. The average molecular weight is 350 g/mol. The number of benzene rings is 1. The zero-order valence-corrected chi connectivity index (χ0v) is 14.9. The quantitative estimate of drug-likeness (QED) is 0.764. The van der Waals surface area contributed by atoms with Crippen molar-refractivity contribution < 1.29 is 9.90 Å². The second-order valence-electron chi connectivity index (χ2n) is 6.60. The Hall–Kier alpha value is -1.24. The number of β-amino-alcohol motifs (C(OH)–C–C–N with tert-alkyl or cyclic N) is 1. The number of piperidine rings is 1. The fraction of sp³-hybridized carbons (Fsp3) is 0.611. The van der Waals surface area contributed by atoms with Gasteiger partial charge in [-0.3, -0.25) is 0 Å². The molecule has 0 saturated carbocycles. The van der Waals surface area contributed by atoms with Crippen molar-refractivity contribution in [2.24, 2.45) is 0 Å². The molecule has 5 nitrogen and oxygen atoms in total. The predicted molar refractivity (Wildman–Crippen MR) is 97.4 cm³/mol. The summed E-state index contributed by atoms with van der Waals surface area (Å²) in [6.07, 6.45) is 4.13. The number of hydrogen-bond donors (Lipinski definition) is 3. The summed E-state index contributed by atoms with van der Waals surface area (Å²) in [6, 6.07) is 8.09. The van der Waals surface area contributed by atoms with Gasteiger partial charge in [-0.1, -0.05) is 24.6 Å². The summed E-state index contributed by atoms with van der Waals surface area (Å²) >= 11 is 1.84. The van der Waals surface area contributed by atoms with Crippen LogP contribution in [0.5, 0.6) is 0 Å². The molecule has 6 heteroatoms. The number of thioether (sulfide) groups is 1. The van der Waals surface area contributed by atoms with Gasteiger partial charge < -0.3 is 20.6 Å². The molecule has 0 aliphatic carbocycles. The topological polar surface area (TPSA) is 64.6 Å². The first kappa shape index (κ1) is 17.6. The fourth-order valence-corrected chi connectivity index (χ4v) is 4.54. The van der Waals surface area contributed by atoms with Gasteiger partial charge in [-0.2, -0.15) is 0 Å². The van der Waals surface area contributed by atoms with Gasteiger partial charge in [-0.15, -0.1) is 11.8 Å². The highest BCUT2D eigenvalue weighted by atomic mass is 32.2.